The SMILES string of the molecule is CCn1nc(C(F)F)cc1S(N)(=O)=O. The van der Waals surface area contributed by atoms with Crippen molar-refractivity contribution >= 4 is 10.0 Å². The number of halogens is 2. The Balaban J connectivity index is 3.30. The van der Waals surface area contributed by atoms with Crippen LogP contribution in [0.4, 0.5) is 8.78 Å². The van der Waals surface area contributed by atoms with Crippen molar-refractivity contribution in [2.24, 2.45) is 5.14 Å². The second-order valence-corrected chi connectivity index (χ2v) is 4.08. The summed E-state index contributed by atoms with van der Waals surface area (Å²) in [5.74, 6) is 0. The van der Waals surface area contributed by atoms with Gasteiger partial charge in [-0.15, -0.1) is 0 Å². The molecule has 0 amide bonds. The van der Waals surface area contributed by atoms with Crippen molar-refractivity contribution < 1.29 is 17.2 Å². The standard InChI is InChI=1S/C6H9F2N3O2S/c1-2-11-5(14(9,12)13)3-4(10-11)6(7)8/h3,6H,2H2,1H3,(H2,9,12,13). The van der Waals surface area contributed by atoms with Crippen LogP contribution in [0.2, 0.25) is 0 Å². The number of nitrogens with two attached hydrogens (primary N) is 1. The summed E-state index contributed by atoms with van der Waals surface area (Å²) < 4.78 is 47.1. The minimum absolute atomic E-state index is 0.165. The molecule has 14 heavy (non-hydrogen) atoms. The molecule has 0 saturated heterocycles. The van der Waals surface area contributed by atoms with Crippen LogP contribution >= 0.6 is 0 Å². The number of aryl methyl sites for hydroxylation is 1. The van der Waals surface area contributed by atoms with Crippen molar-refractivity contribution in [1.29, 1.82) is 0 Å². The summed E-state index contributed by atoms with van der Waals surface area (Å²) in [7, 11) is -3.99. The van der Waals surface area contributed by atoms with E-state index in [1.807, 2.05) is 0 Å². The fraction of sp³-hybridized carbons (Fsp3) is 0.500. The molecular formula is C6H9F2N3O2S. The van der Waals surface area contributed by atoms with Crippen LogP contribution in [0, 0.1) is 0 Å². The number of hydrogen-bond donors (Lipinski definition) is 1. The number of aromatic nitrogens is 2. The lowest BCUT2D eigenvalue weighted by molar-refractivity contribution is 0.145. The Morgan fingerprint density at radius 3 is 2.50 bits per heavy atom. The fourth-order valence-electron chi connectivity index (χ4n) is 0.981. The highest BCUT2D eigenvalue weighted by Gasteiger charge is 2.20. The largest absolute Gasteiger partial charge is 0.282 e. The molecule has 0 aliphatic heterocycles. The van der Waals surface area contributed by atoms with Gasteiger partial charge < -0.3 is 0 Å². The lowest BCUT2D eigenvalue weighted by Gasteiger charge is -1.99. The van der Waals surface area contributed by atoms with Crippen molar-refractivity contribution in [2.75, 3.05) is 0 Å². The van der Waals surface area contributed by atoms with Gasteiger partial charge in [0.15, 0.2) is 5.03 Å². The topological polar surface area (TPSA) is 78.0 Å². The highest BCUT2D eigenvalue weighted by atomic mass is 32.2. The van der Waals surface area contributed by atoms with Gasteiger partial charge in [-0.2, -0.15) is 5.10 Å². The van der Waals surface area contributed by atoms with E-state index in [2.05, 4.69) is 5.10 Å². The van der Waals surface area contributed by atoms with E-state index in [0.717, 1.165) is 10.7 Å². The molecule has 0 fully saturated rings. The molecule has 8 heteroatoms. The summed E-state index contributed by atoms with van der Waals surface area (Å²) in [5, 5.41) is 7.82. The van der Waals surface area contributed by atoms with E-state index in [0.29, 0.717) is 0 Å². The molecule has 0 aliphatic carbocycles. The van der Waals surface area contributed by atoms with Crippen LogP contribution in [0.5, 0.6) is 0 Å². The van der Waals surface area contributed by atoms with E-state index in [9.17, 15) is 17.2 Å². The maximum absolute atomic E-state index is 12.2. The van der Waals surface area contributed by atoms with E-state index in [-0.39, 0.29) is 6.54 Å². The van der Waals surface area contributed by atoms with Gasteiger partial charge in [0, 0.05) is 12.6 Å². The lowest BCUT2D eigenvalue weighted by Crippen LogP contribution is -2.17. The quantitative estimate of drug-likeness (QED) is 0.813. The van der Waals surface area contributed by atoms with Gasteiger partial charge in [-0.1, -0.05) is 0 Å². The monoisotopic (exact) mass is 225 g/mol. The van der Waals surface area contributed by atoms with Gasteiger partial charge in [0.2, 0.25) is 0 Å². The Morgan fingerprint density at radius 2 is 2.21 bits per heavy atom. The Morgan fingerprint density at radius 1 is 1.64 bits per heavy atom. The van der Waals surface area contributed by atoms with Crippen molar-refractivity contribution in [3.63, 3.8) is 0 Å². The first kappa shape index (κ1) is 11.1. The molecule has 0 atom stereocenters. The van der Waals surface area contributed by atoms with Gasteiger partial charge >= 0.3 is 0 Å². The molecule has 0 spiro atoms. The predicted molar refractivity (Wildman–Crippen MR) is 44.2 cm³/mol. The van der Waals surface area contributed by atoms with Crippen LogP contribution in [0.1, 0.15) is 19.0 Å². The van der Waals surface area contributed by atoms with E-state index in [1.54, 1.807) is 6.92 Å². The summed E-state index contributed by atoms with van der Waals surface area (Å²) in [5.41, 5.74) is -0.587. The zero-order valence-electron chi connectivity index (χ0n) is 7.31. The Labute approximate surface area is 79.6 Å². The maximum atomic E-state index is 12.2. The number of rotatable bonds is 3. The first-order valence-electron chi connectivity index (χ1n) is 3.75. The second-order valence-electron chi connectivity index (χ2n) is 2.57. The van der Waals surface area contributed by atoms with Gasteiger partial charge in [0.1, 0.15) is 5.69 Å². The van der Waals surface area contributed by atoms with Crippen molar-refractivity contribution in [3.05, 3.63) is 11.8 Å². The molecule has 0 unspecified atom stereocenters. The molecule has 1 rings (SSSR count). The Hall–Kier alpha value is -1.02. The third kappa shape index (κ3) is 2.07. The summed E-state index contributed by atoms with van der Waals surface area (Å²) >= 11 is 0. The van der Waals surface area contributed by atoms with Crippen LogP contribution < -0.4 is 5.14 Å². The van der Waals surface area contributed by atoms with E-state index >= 15 is 0 Å². The summed E-state index contributed by atoms with van der Waals surface area (Å²) in [6.07, 6.45) is -2.80. The summed E-state index contributed by atoms with van der Waals surface area (Å²) in [6, 6.07) is 0.781. The Kier molecular flexibility index (Phi) is 2.86. The summed E-state index contributed by atoms with van der Waals surface area (Å²) in [6.45, 7) is 1.75. The highest BCUT2D eigenvalue weighted by molar-refractivity contribution is 7.89. The molecule has 1 heterocycles. The molecule has 80 valence electrons. The number of sulfonamides is 1. The first-order valence-corrected chi connectivity index (χ1v) is 5.29. The zero-order chi connectivity index (χ0) is 10.9. The molecular weight excluding hydrogens is 216 g/mol. The smallest absolute Gasteiger partial charge is 0.253 e. The van der Waals surface area contributed by atoms with Crippen LogP contribution in [0.3, 0.4) is 0 Å². The molecule has 0 radical (unpaired) electrons. The molecule has 0 aromatic carbocycles. The van der Waals surface area contributed by atoms with Crippen molar-refractivity contribution in [1.82, 2.24) is 9.78 Å². The van der Waals surface area contributed by atoms with E-state index < -0.39 is 27.2 Å². The lowest BCUT2D eigenvalue weighted by atomic mass is 10.5. The molecule has 0 saturated carbocycles. The van der Waals surface area contributed by atoms with Crippen LogP contribution in [0.15, 0.2) is 11.1 Å². The van der Waals surface area contributed by atoms with Gasteiger partial charge in [-0.25, -0.2) is 22.3 Å². The van der Waals surface area contributed by atoms with Crippen LogP contribution in [0.25, 0.3) is 0 Å². The summed E-state index contributed by atoms with van der Waals surface area (Å²) in [4.78, 5) is 0. The second kappa shape index (κ2) is 3.62. The predicted octanol–water partition coefficient (Wildman–Crippen LogP) is 0.488. The van der Waals surface area contributed by atoms with Crippen molar-refractivity contribution in [3.8, 4) is 0 Å². The van der Waals surface area contributed by atoms with Gasteiger partial charge in [0.05, 0.1) is 0 Å². The third-order valence-corrected chi connectivity index (χ3v) is 2.49. The molecule has 0 bridgehead atoms. The normalized spacial score (nSPS) is 12.4. The number of nitrogens with zero attached hydrogens (tertiary/aromatic N) is 2. The average Bonchev–Trinajstić information content (AvgIpc) is 2.46. The number of alkyl halides is 2. The number of primary sulfonamides is 1. The zero-order valence-corrected chi connectivity index (χ0v) is 8.13. The van der Waals surface area contributed by atoms with Gasteiger partial charge in [-0.05, 0) is 6.92 Å². The molecule has 1 aromatic heterocycles. The molecule has 0 aliphatic rings. The molecule has 5 nitrogen and oxygen atoms in total. The molecule has 2 N–H and O–H groups in total. The highest BCUT2D eigenvalue weighted by Crippen LogP contribution is 2.20. The molecule has 1 aromatic rings. The third-order valence-electron chi connectivity index (χ3n) is 1.58. The van der Waals surface area contributed by atoms with E-state index in [1.165, 1.54) is 0 Å². The van der Waals surface area contributed by atoms with E-state index in [4.69, 9.17) is 5.14 Å². The minimum Gasteiger partial charge on any atom is -0.253 e. The van der Waals surface area contributed by atoms with Crippen LogP contribution in [-0.2, 0) is 16.6 Å². The number of hydrogen-bond acceptors (Lipinski definition) is 3. The van der Waals surface area contributed by atoms with Crippen LogP contribution in [-0.4, -0.2) is 18.2 Å². The average molecular weight is 225 g/mol. The Bertz CT molecular complexity index is 426. The van der Waals surface area contributed by atoms with Crippen molar-refractivity contribution in [2.45, 2.75) is 24.9 Å². The minimum atomic E-state index is -3.99. The maximum Gasteiger partial charge on any atom is 0.282 e. The first-order chi connectivity index (χ1) is 6.36. The van der Waals surface area contributed by atoms with Gasteiger partial charge in [0.25, 0.3) is 16.4 Å². The van der Waals surface area contributed by atoms with Gasteiger partial charge in [-0.3, -0.25) is 4.68 Å². The fourth-order valence-corrected chi connectivity index (χ4v) is 1.73.